The van der Waals surface area contributed by atoms with Gasteiger partial charge < -0.3 is 4.90 Å². The summed E-state index contributed by atoms with van der Waals surface area (Å²) >= 11 is 0. The number of hydrogen-bond donors (Lipinski definition) is 0. The van der Waals surface area contributed by atoms with Crippen molar-refractivity contribution in [2.24, 2.45) is 7.05 Å². The molecule has 0 aliphatic heterocycles. The van der Waals surface area contributed by atoms with Crippen LogP contribution in [0.2, 0.25) is 0 Å². The topological polar surface area (TPSA) is 38.1 Å². The quantitative estimate of drug-likeness (QED) is 0.850. The number of halogens is 2. The maximum Gasteiger partial charge on any atom is 0.274 e. The Hall–Kier alpha value is -2.24. The first-order valence-corrected chi connectivity index (χ1v) is 6.59. The van der Waals surface area contributed by atoms with Crippen LogP contribution in [-0.4, -0.2) is 33.6 Å². The number of nitrogens with zero attached hydrogens (tertiary/aromatic N) is 3. The van der Waals surface area contributed by atoms with Gasteiger partial charge in [-0.2, -0.15) is 5.10 Å². The lowest BCUT2D eigenvalue weighted by Crippen LogP contribution is -2.35. The van der Waals surface area contributed by atoms with Crippen LogP contribution >= 0.6 is 0 Å². The van der Waals surface area contributed by atoms with Crippen molar-refractivity contribution in [1.29, 1.82) is 0 Å². The van der Waals surface area contributed by atoms with Gasteiger partial charge in [0, 0.05) is 19.3 Å². The number of aryl methyl sites for hydroxylation is 2. The third-order valence-corrected chi connectivity index (χ3v) is 3.19. The number of alkyl halides is 2. The summed E-state index contributed by atoms with van der Waals surface area (Å²) in [6.07, 6.45) is -2.58. The molecule has 112 valence electrons. The molecular weight excluding hydrogens is 276 g/mol. The third-order valence-electron chi connectivity index (χ3n) is 3.19. The Kier molecular flexibility index (Phi) is 4.67. The molecule has 1 aromatic carbocycles. The fraction of sp³-hybridized carbons (Fsp3) is 0.333. The van der Waals surface area contributed by atoms with Crippen LogP contribution in [-0.2, 0) is 13.6 Å². The predicted molar refractivity (Wildman–Crippen MR) is 75.1 cm³/mol. The number of carbonyl (C=O) groups excluding carboxylic acids is 1. The maximum atomic E-state index is 12.7. The minimum atomic E-state index is -2.58. The zero-order valence-electron chi connectivity index (χ0n) is 12.0. The molecule has 4 nitrogen and oxygen atoms in total. The van der Waals surface area contributed by atoms with Crippen LogP contribution in [0, 0.1) is 6.92 Å². The minimum absolute atomic E-state index is 0.139. The van der Waals surface area contributed by atoms with Crippen molar-refractivity contribution in [3.63, 3.8) is 0 Å². The molecule has 0 saturated heterocycles. The summed E-state index contributed by atoms with van der Waals surface area (Å²) in [5.74, 6) is -0.483. The van der Waals surface area contributed by atoms with E-state index in [2.05, 4.69) is 5.10 Å². The maximum absolute atomic E-state index is 12.7. The lowest BCUT2D eigenvalue weighted by Gasteiger charge is -2.21. The van der Waals surface area contributed by atoms with E-state index in [9.17, 15) is 13.6 Å². The fourth-order valence-electron chi connectivity index (χ4n) is 2.02. The predicted octanol–water partition coefficient (Wildman–Crippen LogP) is 2.64. The average molecular weight is 293 g/mol. The first-order valence-electron chi connectivity index (χ1n) is 6.59. The monoisotopic (exact) mass is 293 g/mol. The summed E-state index contributed by atoms with van der Waals surface area (Å²) in [5, 5.41) is 4.06. The van der Waals surface area contributed by atoms with Crippen LogP contribution in [0.3, 0.4) is 0 Å². The van der Waals surface area contributed by atoms with Crippen LogP contribution in [0.1, 0.15) is 21.7 Å². The van der Waals surface area contributed by atoms with E-state index in [4.69, 9.17) is 0 Å². The van der Waals surface area contributed by atoms with Gasteiger partial charge in [0.1, 0.15) is 0 Å². The molecule has 0 aliphatic carbocycles. The van der Waals surface area contributed by atoms with Gasteiger partial charge >= 0.3 is 0 Å². The van der Waals surface area contributed by atoms with E-state index in [1.54, 1.807) is 36.9 Å². The van der Waals surface area contributed by atoms with Gasteiger partial charge in [-0.25, -0.2) is 8.78 Å². The summed E-state index contributed by atoms with van der Waals surface area (Å²) in [5.41, 5.74) is 1.79. The molecule has 0 fully saturated rings. The molecule has 21 heavy (non-hydrogen) atoms. The smallest absolute Gasteiger partial charge is 0.274 e. The van der Waals surface area contributed by atoms with Gasteiger partial charge in [-0.05, 0) is 18.6 Å². The van der Waals surface area contributed by atoms with Crippen molar-refractivity contribution in [1.82, 2.24) is 14.7 Å². The highest BCUT2D eigenvalue weighted by atomic mass is 19.3. The second-order valence-electron chi connectivity index (χ2n) is 4.86. The van der Waals surface area contributed by atoms with Crippen molar-refractivity contribution in [2.45, 2.75) is 19.9 Å². The molecule has 0 spiro atoms. The highest BCUT2D eigenvalue weighted by molar-refractivity contribution is 5.92. The number of hydrogen-bond acceptors (Lipinski definition) is 2. The Bertz CT molecular complexity index is 591. The van der Waals surface area contributed by atoms with E-state index in [-0.39, 0.29) is 12.2 Å². The molecule has 6 heteroatoms. The average Bonchev–Trinajstić information content (AvgIpc) is 2.78. The second kappa shape index (κ2) is 6.47. The fourth-order valence-corrected chi connectivity index (χ4v) is 2.02. The van der Waals surface area contributed by atoms with Crippen molar-refractivity contribution in [3.8, 4) is 0 Å². The molecule has 2 rings (SSSR count). The Morgan fingerprint density at radius 1 is 1.33 bits per heavy atom. The molecule has 0 unspecified atom stereocenters. The summed E-state index contributed by atoms with van der Waals surface area (Å²) in [6, 6.07) is 10.7. The van der Waals surface area contributed by atoms with Crippen LogP contribution in [0.5, 0.6) is 0 Å². The Morgan fingerprint density at radius 2 is 2.00 bits per heavy atom. The molecule has 2 aromatic rings. The number of carbonyl (C=O) groups is 1. The first kappa shape index (κ1) is 15.2. The Labute approximate surface area is 122 Å². The first-order chi connectivity index (χ1) is 9.97. The molecule has 0 aliphatic rings. The summed E-state index contributed by atoms with van der Waals surface area (Å²) in [4.78, 5) is 13.5. The van der Waals surface area contributed by atoms with E-state index in [1.807, 2.05) is 18.2 Å². The van der Waals surface area contributed by atoms with E-state index < -0.39 is 18.9 Å². The summed E-state index contributed by atoms with van der Waals surface area (Å²) < 4.78 is 27.0. The summed E-state index contributed by atoms with van der Waals surface area (Å²) in [7, 11) is 1.71. The molecule has 0 radical (unpaired) electrons. The second-order valence-corrected chi connectivity index (χ2v) is 4.86. The van der Waals surface area contributed by atoms with E-state index in [0.717, 1.165) is 16.2 Å². The van der Waals surface area contributed by atoms with Crippen molar-refractivity contribution < 1.29 is 13.6 Å². The molecule has 1 heterocycles. The van der Waals surface area contributed by atoms with Crippen LogP contribution in [0.4, 0.5) is 8.78 Å². The van der Waals surface area contributed by atoms with Gasteiger partial charge in [0.15, 0.2) is 5.69 Å². The van der Waals surface area contributed by atoms with E-state index in [0.29, 0.717) is 0 Å². The third kappa shape index (κ3) is 3.87. The van der Waals surface area contributed by atoms with Gasteiger partial charge in [0.2, 0.25) is 0 Å². The Morgan fingerprint density at radius 3 is 2.52 bits per heavy atom. The zero-order chi connectivity index (χ0) is 15.4. The van der Waals surface area contributed by atoms with Crippen molar-refractivity contribution >= 4 is 5.91 Å². The van der Waals surface area contributed by atoms with Gasteiger partial charge in [0.05, 0.1) is 6.54 Å². The number of benzene rings is 1. The van der Waals surface area contributed by atoms with Gasteiger partial charge in [-0.15, -0.1) is 0 Å². The molecule has 1 aromatic heterocycles. The number of amides is 1. The van der Waals surface area contributed by atoms with E-state index in [1.165, 1.54) is 0 Å². The molecule has 0 N–H and O–H groups in total. The highest BCUT2D eigenvalue weighted by Crippen LogP contribution is 2.12. The van der Waals surface area contributed by atoms with E-state index >= 15 is 0 Å². The van der Waals surface area contributed by atoms with Gasteiger partial charge in [0.25, 0.3) is 12.3 Å². The highest BCUT2D eigenvalue weighted by Gasteiger charge is 2.22. The normalized spacial score (nSPS) is 10.9. The zero-order valence-corrected chi connectivity index (χ0v) is 12.0. The SMILES string of the molecule is Cc1cc(C(=O)N(Cc2ccccc2)CC(F)F)nn1C. The van der Waals surface area contributed by atoms with Crippen LogP contribution in [0.25, 0.3) is 0 Å². The van der Waals surface area contributed by atoms with Crippen molar-refractivity contribution in [2.75, 3.05) is 6.54 Å². The van der Waals surface area contributed by atoms with Gasteiger partial charge in [-0.3, -0.25) is 9.48 Å². The molecule has 0 saturated carbocycles. The minimum Gasteiger partial charge on any atom is -0.327 e. The molecule has 1 amide bonds. The summed E-state index contributed by atoms with van der Waals surface area (Å²) in [6.45, 7) is 1.33. The largest absolute Gasteiger partial charge is 0.327 e. The molecule has 0 atom stereocenters. The number of aromatic nitrogens is 2. The Balaban J connectivity index is 2.20. The molecule has 0 bridgehead atoms. The molecular formula is C15H17F2N3O. The van der Waals surface area contributed by atoms with Gasteiger partial charge in [-0.1, -0.05) is 30.3 Å². The van der Waals surface area contributed by atoms with Crippen LogP contribution in [0.15, 0.2) is 36.4 Å². The standard InChI is InChI=1S/C15H17F2N3O/c1-11-8-13(18-19(11)2)15(21)20(10-14(16)17)9-12-6-4-3-5-7-12/h3-8,14H,9-10H2,1-2H3. The lowest BCUT2D eigenvalue weighted by atomic mass is 10.2. The van der Waals surface area contributed by atoms with Crippen LogP contribution < -0.4 is 0 Å². The van der Waals surface area contributed by atoms with Crippen molar-refractivity contribution in [3.05, 3.63) is 53.3 Å². The number of rotatable bonds is 5. The lowest BCUT2D eigenvalue weighted by molar-refractivity contribution is 0.0529.